The number of rotatable bonds is 3. The van der Waals surface area contributed by atoms with Gasteiger partial charge in [-0.1, -0.05) is 0 Å². The molecule has 1 rings (SSSR count). The molecular weight excluding hydrogens is 210 g/mol. The second kappa shape index (κ2) is 4.66. The first-order valence-electron chi connectivity index (χ1n) is 3.73. The molecule has 0 aliphatic rings. The zero-order valence-electron chi connectivity index (χ0n) is 7.37. The maximum Gasteiger partial charge on any atom is 0.325 e. The number of halogens is 1. The molecule has 0 bridgehead atoms. The average molecular weight is 218 g/mol. The van der Waals surface area contributed by atoms with Crippen LogP contribution >= 0.6 is 11.6 Å². The van der Waals surface area contributed by atoms with Gasteiger partial charge in [0.25, 0.3) is 5.91 Å². The lowest BCUT2D eigenvalue weighted by atomic mass is 10.3. The predicted molar refractivity (Wildman–Crippen MR) is 48.1 cm³/mol. The Hall–Kier alpha value is -1.49. The van der Waals surface area contributed by atoms with Crippen LogP contribution in [-0.2, 0) is 9.53 Å². The van der Waals surface area contributed by atoms with Gasteiger partial charge in [-0.15, -0.1) is 0 Å². The van der Waals surface area contributed by atoms with Crippen LogP contribution in [0.25, 0.3) is 0 Å². The number of carbonyl (C=O) groups excluding carboxylic acids is 2. The van der Waals surface area contributed by atoms with Crippen molar-refractivity contribution in [2.75, 3.05) is 13.7 Å². The minimum Gasteiger partial charge on any atom is -0.468 e. The topological polar surface area (TPSA) is 68.5 Å². The van der Waals surface area contributed by atoms with Crippen LogP contribution in [0.15, 0.2) is 16.7 Å². The van der Waals surface area contributed by atoms with Crippen molar-refractivity contribution in [3.05, 3.63) is 23.1 Å². The molecule has 0 spiro atoms. The van der Waals surface area contributed by atoms with Crippen LogP contribution in [0, 0.1) is 0 Å². The molecule has 0 aromatic carbocycles. The zero-order chi connectivity index (χ0) is 10.6. The third-order valence-electron chi connectivity index (χ3n) is 1.48. The monoisotopic (exact) mass is 217 g/mol. The molecule has 0 saturated carbocycles. The van der Waals surface area contributed by atoms with Crippen LogP contribution in [0.1, 0.15) is 10.4 Å². The van der Waals surface area contributed by atoms with Gasteiger partial charge in [-0.05, 0) is 17.7 Å². The van der Waals surface area contributed by atoms with Crippen molar-refractivity contribution in [1.29, 1.82) is 0 Å². The van der Waals surface area contributed by atoms with Crippen LogP contribution in [0.4, 0.5) is 0 Å². The molecule has 0 saturated heterocycles. The smallest absolute Gasteiger partial charge is 0.325 e. The molecule has 6 heteroatoms. The Labute approximate surface area is 85.0 Å². The summed E-state index contributed by atoms with van der Waals surface area (Å²) in [6.45, 7) is -0.198. The SMILES string of the molecule is COC(=O)CNC(=O)c1ccoc1Cl. The van der Waals surface area contributed by atoms with Crippen LogP contribution in [-0.4, -0.2) is 25.5 Å². The number of amides is 1. The largest absolute Gasteiger partial charge is 0.468 e. The standard InChI is InChI=1S/C8H8ClNO4/c1-13-6(11)4-10-8(12)5-2-3-14-7(5)9/h2-3H,4H2,1H3,(H,10,12). The Morgan fingerprint density at radius 1 is 1.64 bits per heavy atom. The molecule has 1 aromatic heterocycles. The van der Waals surface area contributed by atoms with Crippen LogP contribution < -0.4 is 5.32 Å². The fourth-order valence-electron chi connectivity index (χ4n) is 0.776. The van der Waals surface area contributed by atoms with Gasteiger partial charge in [0.1, 0.15) is 6.54 Å². The van der Waals surface area contributed by atoms with Crippen LogP contribution in [0.5, 0.6) is 0 Å². The van der Waals surface area contributed by atoms with Gasteiger partial charge in [-0.25, -0.2) is 0 Å². The van der Waals surface area contributed by atoms with Gasteiger partial charge in [0.05, 0.1) is 18.9 Å². The Kier molecular flexibility index (Phi) is 3.53. The summed E-state index contributed by atoms with van der Waals surface area (Å²) in [5.74, 6) is -1.01. The Morgan fingerprint density at radius 2 is 2.36 bits per heavy atom. The Bertz CT molecular complexity index is 347. The van der Waals surface area contributed by atoms with E-state index in [2.05, 4.69) is 10.1 Å². The van der Waals surface area contributed by atoms with E-state index in [9.17, 15) is 9.59 Å². The molecule has 76 valence electrons. The van der Waals surface area contributed by atoms with E-state index in [1.807, 2.05) is 0 Å². The first-order chi connectivity index (χ1) is 6.65. The fourth-order valence-corrected chi connectivity index (χ4v) is 0.976. The summed E-state index contributed by atoms with van der Waals surface area (Å²) >= 11 is 5.54. The lowest BCUT2D eigenvalue weighted by Crippen LogP contribution is -2.29. The lowest BCUT2D eigenvalue weighted by Gasteiger charge is -2.01. The van der Waals surface area contributed by atoms with Crippen molar-refractivity contribution < 1.29 is 18.7 Å². The zero-order valence-corrected chi connectivity index (χ0v) is 8.13. The minimum absolute atomic E-state index is 0.00707. The number of nitrogens with one attached hydrogen (secondary N) is 1. The Balaban J connectivity index is 2.52. The quantitative estimate of drug-likeness (QED) is 0.762. The van der Waals surface area contributed by atoms with Crippen LogP contribution in [0.2, 0.25) is 5.22 Å². The van der Waals surface area contributed by atoms with Crippen molar-refractivity contribution in [3.8, 4) is 0 Å². The van der Waals surface area contributed by atoms with Gasteiger partial charge < -0.3 is 14.5 Å². The summed E-state index contributed by atoms with van der Waals surface area (Å²) in [4.78, 5) is 22.0. The first kappa shape index (κ1) is 10.6. The second-order valence-electron chi connectivity index (χ2n) is 2.37. The van der Waals surface area contributed by atoms with E-state index in [1.54, 1.807) is 0 Å². The molecule has 1 heterocycles. The number of esters is 1. The van der Waals surface area contributed by atoms with E-state index in [4.69, 9.17) is 16.0 Å². The number of carbonyl (C=O) groups is 2. The molecule has 0 aliphatic carbocycles. The van der Waals surface area contributed by atoms with Gasteiger partial charge in [0.2, 0.25) is 5.22 Å². The number of ether oxygens (including phenoxy) is 1. The summed E-state index contributed by atoms with van der Waals surface area (Å²) in [7, 11) is 1.24. The van der Waals surface area contributed by atoms with E-state index in [0.29, 0.717) is 0 Å². The van der Waals surface area contributed by atoms with E-state index in [1.165, 1.54) is 19.4 Å². The van der Waals surface area contributed by atoms with Gasteiger partial charge in [0.15, 0.2) is 0 Å². The normalized spacial score (nSPS) is 9.57. The van der Waals surface area contributed by atoms with Crippen molar-refractivity contribution in [1.82, 2.24) is 5.32 Å². The molecule has 1 amide bonds. The average Bonchev–Trinajstić information content (AvgIpc) is 2.60. The molecule has 5 nitrogen and oxygen atoms in total. The highest BCUT2D eigenvalue weighted by molar-refractivity contribution is 6.32. The van der Waals surface area contributed by atoms with E-state index < -0.39 is 11.9 Å². The van der Waals surface area contributed by atoms with E-state index in [-0.39, 0.29) is 17.3 Å². The molecule has 1 N–H and O–H groups in total. The molecular formula is C8H8ClNO4. The first-order valence-corrected chi connectivity index (χ1v) is 4.11. The lowest BCUT2D eigenvalue weighted by molar-refractivity contribution is -0.139. The van der Waals surface area contributed by atoms with E-state index in [0.717, 1.165) is 0 Å². The summed E-state index contributed by atoms with van der Waals surface area (Å²) < 4.78 is 9.05. The van der Waals surface area contributed by atoms with Crippen molar-refractivity contribution in [2.24, 2.45) is 0 Å². The molecule has 1 aromatic rings. The number of hydrogen-bond donors (Lipinski definition) is 1. The summed E-state index contributed by atoms with van der Waals surface area (Å²) in [6, 6.07) is 1.41. The molecule has 0 radical (unpaired) electrons. The molecule has 14 heavy (non-hydrogen) atoms. The summed E-state index contributed by atoms with van der Waals surface area (Å²) in [5.41, 5.74) is 0.190. The number of methoxy groups -OCH3 is 1. The summed E-state index contributed by atoms with van der Waals surface area (Å²) in [6.07, 6.45) is 1.29. The molecule has 0 aliphatic heterocycles. The number of hydrogen-bond acceptors (Lipinski definition) is 4. The highest BCUT2D eigenvalue weighted by atomic mass is 35.5. The summed E-state index contributed by atoms with van der Waals surface area (Å²) in [5, 5.41) is 2.31. The van der Waals surface area contributed by atoms with Gasteiger partial charge in [0, 0.05) is 0 Å². The molecule has 0 atom stereocenters. The maximum atomic E-state index is 11.3. The second-order valence-corrected chi connectivity index (χ2v) is 2.71. The van der Waals surface area contributed by atoms with E-state index >= 15 is 0 Å². The highest BCUT2D eigenvalue weighted by Crippen LogP contribution is 2.15. The Morgan fingerprint density at radius 3 is 2.86 bits per heavy atom. The van der Waals surface area contributed by atoms with Crippen molar-refractivity contribution in [3.63, 3.8) is 0 Å². The molecule has 0 fully saturated rings. The third kappa shape index (κ3) is 2.50. The van der Waals surface area contributed by atoms with Crippen molar-refractivity contribution >= 4 is 23.5 Å². The predicted octanol–water partition coefficient (Wildman–Crippen LogP) is 0.836. The van der Waals surface area contributed by atoms with Gasteiger partial charge >= 0.3 is 5.97 Å². The fraction of sp³-hybridized carbons (Fsp3) is 0.250. The minimum atomic E-state index is -0.530. The number of furan rings is 1. The van der Waals surface area contributed by atoms with Crippen molar-refractivity contribution in [2.45, 2.75) is 0 Å². The van der Waals surface area contributed by atoms with Gasteiger partial charge in [-0.3, -0.25) is 9.59 Å². The molecule has 0 unspecified atom stereocenters. The van der Waals surface area contributed by atoms with Gasteiger partial charge in [-0.2, -0.15) is 0 Å². The highest BCUT2D eigenvalue weighted by Gasteiger charge is 2.13. The third-order valence-corrected chi connectivity index (χ3v) is 1.78. The maximum absolute atomic E-state index is 11.3. The van der Waals surface area contributed by atoms with Crippen LogP contribution in [0.3, 0.4) is 0 Å².